The van der Waals surface area contributed by atoms with Crippen molar-refractivity contribution in [3.8, 4) is 11.3 Å². The minimum Gasteiger partial charge on any atom is -0.372 e. The van der Waals surface area contributed by atoms with Crippen LogP contribution in [0.3, 0.4) is 0 Å². The predicted octanol–water partition coefficient (Wildman–Crippen LogP) is 4.62. The Morgan fingerprint density at radius 2 is 2.02 bits per heavy atom. The number of nitrogens with one attached hydrogen (secondary N) is 2. The molecule has 40 heavy (non-hydrogen) atoms. The molecule has 1 unspecified atom stereocenters. The van der Waals surface area contributed by atoms with Gasteiger partial charge in [-0.05, 0) is 43.9 Å². The summed E-state index contributed by atoms with van der Waals surface area (Å²) in [6.07, 6.45) is 7.25. The van der Waals surface area contributed by atoms with Gasteiger partial charge in [-0.2, -0.15) is 11.8 Å². The molecular formula is C30H35N7O2S. The van der Waals surface area contributed by atoms with Crippen LogP contribution >= 0.6 is 11.8 Å². The molecule has 1 fully saturated rings. The van der Waals surface area contributed by atoms with E-state index in [4.69, 9.17) is 9.72 Å². The maximum atomic E-state index is 12.4. The van der Waals surface area contributed by atoms with Gasteiger partial charge in [0.25, 0.3) is 5.91 Å². The van der Waals surface area contributed by atoms with Gasteiger partial charge in [-0.15, -0.1) is 0 Å². The molecule has 0 radical (unpaired) electrons. The summed E-state index contributed by atoms with van der Waals surface area (Å²) < 4.78 is 5.83. The number of carbonyl (C=O) groups is 1. The number of para-hydroxylation sites is 1. The molecule has 0 aliphatic carbocycles. The third kappa shape index (κ3) is 6.18. The maximum Gasteiger partial charge on any atom is 0.251 e. The van der Waals surface area contributed by atoms with Crippen molar-refractivity contribution in [3.05, 3.63) is 72.3 Å². The van der Waals surface area contributed by atoms with E-state index >= 15 is 0 Å². The standard InChI is InChI=1S/C30H35N7O2S/c1-30(2)18-37(12-13-39-30)27-9-8-20(15-34-27)25-14-26(36-19-35-25)33-16-21(17-40-4)22-6-5-7-23-24(29(38)31-3)10-11-32-28(22)23/h5-11,14-15,19,21H,12-13,16-18H2,1-4H3,(H,31,38)(H,33,35,36). The zero-order valence-corrected chi connectivity index (χ0v) is 24.2. The highest BCUT2D eigenvalue weighted by molar-refractivity contribution is 7.98. The normalized spacial score (nSPS) is 15.6. The monoisotopic (exact) mass is 557 g/mol. The number of ether oxygens (including phenoxy) is 1. The van der Waals surface area contributed by atoms with Crippen molar-refractivity contribution in [3.63, 3.8) is 0 Å². The van der Waals surface area contributed by atoms with Gasteiger partial charge < -0.3 is 20.3 Å². The minimum atomic E-state index is -0.186. The Balaban J connectivity index is 1.33. The molecule has 9 nitrogen and oxygen atoms in total. The fourth-order valence-corrected chi connectivity index (χ4v) is 5.80. The van der Waals surface area contributed by atoms with Crippen molar-refractivity contribution >= 4 is 40.2 Å². The second kappa shape index (κ2) is 12.2. The molecule has 2 N–H and O–H groups in total. The number of anilines is 2. The first kappa shape index (κ1) is 27.8. The first-order valence-corrected chi connectivity index (χ1v) is 14.8. The van der Waals surface area contributed by atoms with Gasteiger partial charge >= 0.3 is 0 Å². The van der Waals surface area contributed by atoms with E-state index in [2.05, 4.69) is 62.7 Å². The van der Waals surface area contributed by atoms with E-state index in [9.17, 15) is 4.79 Å². The lowest BCUT2D eigenvalue weighted by Gasteiger charge is -2.38. The van der Waals surface area contributed by atoms with E-state index in [1.54, 1.807) is 37.4 Å². The maximum absolute atomic E-state index is 12.4. The molecule has 1 aromatic carbocycles. The number of fused-ring (bicyclic) bond motifs is 1. The summed E-state index contributed by atoms with van der Waals surface area (Å²) in [6.45, 7) is 7.19. The minimum absolute atomic E-state index is 0.117. The van der Waals surface area contributed by atoms with Crippen molar-refractivity contribution in [1.82, 2.24) is 25.3 Å². The number of thioether (sulfide) groups is 1. The number of aromatic nitrogens is 4. The number of morpholine rings is 1. The topological polar surface area (TPSA) is 105 Å². The highest BCUT2D eigenvalue weighted by Crippen LogP contribution is 2.29. The molecule has 1 atom stereocenters. The number of rotatable bonds is 9. The summed E-state index contributed by atoms with van der Waals surface area (Å²) in [4.78, 5) is 33.0. The Kier molecular flexibility index (Phi) is 8.46. The Hall–Kier alpha value is -3.76. The molecule has 5 rings (SSSR count). The van der Waals surface area contributed by atoms with Crippen LogP contribution in [0.25, 0.3) is 22.2 Å². The van der Waals surface area contributed by atoms with Crippen molar-refractivity contribution in [2.45, 2.75) is 25.4 Å². The van der Waals surface area contributed by atoms with E-state index < -0.39 is 0 Å². The predicted molar refractivity (Wildman–Crippen MR) is 162 cm³/mol. The summed E-state index contributed by atoms with van der Waals surface area (Å²) in [5.74, 6) is 2.61. The first-order valence-electron chi connectivity index (χ1n) is 13.4. The van der Waals surface area contributed by atoms with Crippen molar-refractivity contribution in [2.75, 3.05) is 55.5 Å². The first-order chi connectivity index (χ1) is 19.4. The number of carbonyl (C=O) groups excluding carboxylic acids is 1. The van der Waals surface area contributed by atoms with E-state index in [0.717, 1.165) is 58.2 Å². The zero-order chi connectivity index (χ0) is 28.1. The van der Waals surface area contributed by atoms with Crippen LogP contribution in [0.5, 0.6) is 0 Å². The Bertz CT molecular complexity index is 1480. The van der Waals surface area contributed by atoms with Gasteiger partial charge in [0, 0.05) is 67.8 Å². The van der Waals surface area contributed by atoms with Crippen LogP contribution in [-0.2, 0) is 4.74 Å². The molecule has 3 aromatic heterocycles. The van der Waals surface area contributed by atoms with Crippen LogP contribution in [-0.4, -0.2) is 76.7 Å². The van der Waals surface area contributed by atoms with Gasteiger partial charge in [0.15, 0.2) is 0 Å². The van der Waals surface area contributed by atoms with Crippen LogP contribution in [0.2, 0.25) is 0 Å². The molecular weight excluding hydrogens is 522 g/mol. The van der Waals surface area contributed by atoms with Gasteiger partial charge in [-0.3, -0.25) is 9.78 Å². The van der Waals surface area contributed by atoms with Crippen LogP contribution in [0.15, 0.2) is 61.2 Å². The molecule has 1 aliphatic heterocycles. The molecule has 0 spiro atoms. The van der Waals surface area contributed by atoms with Crippen LogP contribution in [0.4, 0.5) is 11.6 Å². The third-order valence-corrected chi connectivity index (χ3v) is 7.81. The molecule has 0 saturated carbocycles. The highest BCUT2D eigenvalue weighted by atomic mass is 32.2. The fraction of sp³-hybridized carbons (Fsp3) is 0.367. The summed E-state index contributed by atoms with van der Waals surface area (Å²) in [6, 6.07) is 13.9. The fourth-order valence-electron chi connectivity index (χ4n) is 5.10. The van der Waals surface area contributed by atoms with Gasteiger partial charge in [0.2, 0.25) is 0 Å². The second-order valence-corrected chi connectivity index (χ2v) is 11.3. The Morgan fingerprint density at radius 3 is 2.77 bits per heavy atom. The number of pyridine rings is 2. The van der Waals surface area contributed by atoms with Gasteiger partial charge in [0.1, 0.15) is 18.0 Å². The lowest BCUT2D eigenvalue weighted by molar-refractivity contribution is -0.0279. The number of amides is 1. The number of hydrogen-bond donors (Lipinski definition) is 2. The Morgan fingerprint density at radius 1 is 1.15 bits per heavy atom. The molecule has 208 valence electrons. The Labute approximate surface area is 239 Å². The lowest BCUT2D eigenvalue weighted by Crippen LogP contribution is -2.48. The van der Waals surface area contributed by atoms with Crippen molar-refractivity contribution < 1.29 is 9.53 Å². The second-order valence-electron chi connectivity index (χ2n) is 10.4. The lowest BCUT2D eigenvalue weighted by atomic mass is 9.95. The summed E-state index contributed by atoms with van der Waals surface area (Å²) in [5.41, 5.74) is 4.13. The zero-order valence-electron chi connectivity index (χ0n) is 23.3. The molecule has 0 bridgehead atoms. The van der Waals surface area contributed by atoms with Gasteiger partial charge in [0.05, 0.1) is 29.0 Å². The third-order valence-electron chi connectivity index (χ3n) is 7.07. The van der Waals surface area contributed by atoms with Crippen LogP contribution in [0.1, 0.15) is 35.7 Å². The molecule has 1 amide bonds. The van der Waals surface area contributed by atoms with E-state index in [1.165, 1.54) is 0 Å². The average Bonchev–Trinajstić information content (AvgIpc) is 2.98. The largest absolute Gasteiger partial charge is 0.372 e. The van der Waals surface area contributed by atoms with Crippen LogP contribution < -0.4 is 15.5 Å². The van der Waals surface area contributed by atoms with E-state index in [1.807, 2.05) is 30.5 Å². The van der Waals surface area contributed by atoms with E-state index in [0.29, 0.717) is 18.7 Å². The van der Waals surface area contributed by atoms with Crippen LogP contribution in [0, 0.1) is 0 Å². The average molecular weight is 558 g/mol. The summed E-state index contributed by atoms with van der Waals surface area (Å²) in [7, 11) is 1.64. The number of nitrogens with zero attached hydrogens (tertiary/aromatic N) is 5. The SMILES string of the molecule is CNC(=O)c1ccnc2c(C(CNc3cc(-c4ccc(N5CCOC(C)(C)C5)nc4)ncn3)CSC)cccc12. The summed E-state index contributed by atoms with van der Waals surface area (Å²) >= 11 is 1.78. The number of benzene rings is 1. The van der Waals surface area contributed by atoms with Crippen molar-refractivity contribution in [1.29, 1.82) is 0 Å². The van der Waals surface area contributed by atoms with Gasteiger partial charge in [-0.1, -0.05) is 18.2 Å². The molecule has 10 heteroatoms. The molecule has 4 heterocycles. The quantitative estimate of drug-likeness (QED) is 0.305. The molecule has 1 saturated heterocycles. The smallest absolute Gasteiger partial charge is 0.251 e. The molecule has 1 aliphatic rings. The summed E-state index contributed by atoms with van der Waals surface area (Å²) in [5, 5.41) is 7.09. The molecule has 4 aromatic rings. The van der Waals surface area contributed by atoms with E-state index in [-0.39, 0.29) is 17.4 Å². The van der Waals surface area contributed by atoms with Gasteiger partial charge in [-0.25, -0.2) is 15.0 Å². The number of hydrogen-bond acceptors (Lipinski definition) is 9. The highest BCUT2D eigenvalue weighted by Gasteiger charge is 2.28. The van der Waals surface area contributed by atoms with Crippen molar-refractivity contribution in [2.24, 2.45) is 0 Å².